The molecule has 1 aromatic rings. The monoisotopic (exact) mass is 237 g/mol. The number of rotatable bonds is 6. The summed E-state index contributed by atoms with van der Waals surface area (Å²) in [6, 6.07) is 0.730. The third kappa shape index (κ3) is 3.30. The molecule has 2 N–H and O–H groups in total. The molecule has 1 saturated carbocycles. The van der Waals surface area contributed by atoms with E-state index < -0.39 is 0 Å². The number of nitrogens with zero attached hydrogens (tertiary/aromatic N) is 1. The topological polar surface area (TPSA) is 67.2 Å². The van der Waals surface area contributed by atoms with Crippen LogP contribution in [0.1, 0.15) is 41.1 Å². The van der Waals surface area contributed by atoms with Gasteiger partial charge in [-0.2, -0.15) is 0 Å². The molecule has 1 aromatic heterocycles. The van der Waals surface area contributed by atoms with E-state index >= 15 is 0 Å². The second-order valence-electron chi connectivity index (χ2n) is 4.54. The maximum absolute atomic E-state index is 11.8. The van der Waals surface area contributed by atoms with Gasteiger partial charge in [-0.3, -0.25) is 4.79 Å². The summed E-state index contributed by atoms with van der Waals surface area (Å²) in [5.41, 5.74) is 1.22. The number of nitrogens with one attached hydrogen (secondary N) is 2. The number of amides is 1. The highest BCUT2D eigenvalue weighted by Crippen LogP contribution is 2.18. The van der Waals surface area contributed by atoms with Crippen molar-refractivity contribution >= 4 is 5.91 Å². The van der Waals surface area contributed by atoms with E-state index in [4.69, 9.17) is 4.52 Å². The summed E-state index contributed by atoms with van der Waals surface area (Å²) >= 11 is 0. The lowest BCUT2D eigenvalue weighted by Crippen LogP contribution is -2.28. The quantitative estimate of drug-likeness (QED) is 0.729. The van der Waals surface area contributed by atoms with Crippen LogP contribution in [0.4, 0.5) is 0 Å². The van der Waals surface area contributed by atoms with Crippen molar-refractivity contribution in [3.05, 3.63) is 17.0 Å². The van der Waals surface area contributed by atoms with Crippen molar-refractivity contribution in [2.75, 3.05) is 13.1 Å². The minimum Gasteiger partial charge on any atom is -0.361 e. The lowest BCUT2D eigenvalue weighted by Gasteiger charge is -2.05. The Balaban J connectivity index is 1.69. The van der Waals surface area contributed by atoms with Gasteiger partial charge in [-0.15, -0.1) is 0 Å². The molecule has 1 heterocycles. The van der Waals surface area contributed by atoms with E-state index in [0.717, 1.165) is 19.0 Å². The second kappa shape index (κ2) is 5.31. The van der Waals surface area contributed by atoms with E-state index in [1.54, 1.807) is 13.8 Å². The van der Waals surface area contributed by atoms with Crippen LogP contribution < -0.4 is 10.6 Å². The van der Waals surface area contributed by atoms with Crippen LogP contribution >= 0.6 is 0 Å². The molecule has 94 valence electrons. The smallest absolute Gasteiger partial charge is 0.256 e. The maximum atomic E-state index is 11.8. The standard InChI is InChI=1S/C12H19N3O2/c1-8-11(9(2)17-15-8)12(16)14-7-3-6-13-10-4-5-10/h10,13H,3-7H2,1-2H3,(H,14,16). The summed E-state index contributed by atoms with van der Waals surface area (Å²) in [5.74, 6) is 0.490. The molecular weight excluding hydrogens is 218 g/mol. The van der Waals surface area contributed by atoms with Crippen LogP contribution in [0.3, 0.4) is 0 Å². The zero-order valence-electron chi connectivity index (χ0n) is 10.4. The number of hydrogen-bond acceptors (Lipinski definition) is 4. The first kappa shape index (κ1) is 12.1. The van der Waals surface area contributed by atoms with Crippen LogP contribution in [0.15, 0.2) is 4.52 Å². The Kier molecular flexibility index (Phi) is 3.78. The fraction of sp³-hybridized carbons (Fsp3) is 0.667. The average molecular weight is 237 g/mol. The number of carbonyl (C=O) groups is 1. The number of hydrogen-bond donors (Lipinski definition) is 2. The van der Waals surface area contributed by atoms with E-state index in [0.29, 0.717) is 23.6 Å². The zero-order valence-corrected chi connectivity index (χ0v) is 10.4. The molecule has 0 radical (unpaired) electrons. The Hall–Kier alpha value is -1.36. The third-order valence-electron chi connectivity index (χ3n) is 2.91. The minimum absolute atomic E-state index is 0.0901. The number of aryl methyl sites for hydroxylation is 2. The van der Waals surface area contributed by atoms with Gasteiger partial charge in [0.25, 0.3) is 5.91 Å². The number of aromatic nitrogens is 1. The van der Waals surface area contributed by atoms with E-state index in [1.807, 2.05) is 0 Å². The van der Waals surface area contributed by atoms with E-state index in [2.05, 4.69) is 15.8 Å². The minimum atomic E-state index is -0.0901. The lowest BCUT2D eigenvalue weighted by molar-refractivity contribution is 0.0951. The first-order chi connectivity index (χ1) is 8.18. The van der Waals surface area contributed by atoms with Crippen LogP contribution in [-0.4, -0.2) is 30.2 Å². The highest BCUT2D eigenvalue weighted by molar-refractivity contribution is 5.96. The van der Waals surface area contributed by atoms with Crippen molar-refractivity contribution < 1.29 is 9.32 Å². The molecule has 2 rings (SSSR count). The normalized spacial score (nSPS) is 14.9. The predicted molar refractivity (Wildman–Crippen MR) is 64.0 cm³/mol. The first-order valence-corrected chi connectivity index (χ1v) is 6.13. The third-order valence-corrected chi connectivity index (χ3v) is 2.91. The molecule has 1 aliphatic rings. The van der Waals surface area contributed by atoms with Gasteiger partial charge in [-0.05, 0) is 39.7 Å². The molecule has 1 aliphatic carbocycles. The number of carbonyl (C=O) groups excluding carboxylic acids is 1. The first-order valence-electron chi connectivity index (χ1n) is 6.13. The van der Waals surface area contributed by atoms with Crippen LogP contribution in [0.25, 0.3) is 0 Å². The van der Waals surface area contributed by atoms with Crippen LogP contribution in [-0.2, 0) is 0 Å². The van der Waals surface area contributed by atoms with Crippen molar-refractivity contribution in [3.63, 3.8) is 0 Å². The maximum Gasteiger partial charge on any atom is 0.256 e. The van der Waals surface area contributed by atoms with Crippen molar-refractivity contribution in [3.8, 4) is 0 Å². The fourth-order valence-electron chi connectivity index (χ4n) is 1.78. The molecule has 0 aromatic carbocycles. The molecule has 5 nitrogen and oxygen atoms in total. The zero-order chi connectivity index (χ0) is 12.3. The van der Waals surface area contributed by atoms with Crippen LogP contribution in [0, 0.1) is 13.8 Å². The summed E-state index contributed by atoms with van der Waals surface area (Å²) < 4.78 is 4.96. The lowest BCUT2D eigenvalue weighted by atomic mass is 10.2. The van der Waals surface area contributed by atoms with Gasteiger partial charge in [0.2, 0.25) is 0 Å². The van der Waals surface area contributed by atoms with Gasteiger partial charge in [0, 0.05) is 12.6 Å². The van der Waals surface area contributed by atoms with Crippen molar-refractivity contribution in [1.29, 1.82) is 0 Å². The molecule has 17 heavy (non-hydrogen) atoms. The van der Waals surface area contributed by atoms with Crippen molar-refractivity contribution in [2.45, 2.75) is 39.2 Å². The molecule has 1 fully saturated rings. The van der Waals surface area contributed by atoms with Gasteiger partial charge in [-0.25, -0.2) is 0 Å². The highest BCUT2D eigenvalue weighted by atomic mass is 16.5. The molecule has 0 unspecified atom stereocenters. The summed E-state index contributed by atoms with van der Waals surface area (Å²) in [5, 5.41) is 10.1. The average Bonchev–Trinajstić information content (AvgIpc) is 3.04. The Morgan fingerprint density at radius 3 is 2.76 bits per heavy atom. The second-order valence-corrected chi connectivity index (χ2v) is 4.54. The van der Waals surface area contributed by atoms with Crippen molar-refractivity contribution in [1.82, 2.24) is 15.8 Å². The predicted octanol–water partition coefficient (Wildman–Crippen LogP) is 1.16. The summed E-state index contributed by atoms with van der Waals surface area (Å²) in [7, 11) is 0. The van der Waals surface area contributed by atoms with E-state index in [-0.39, 0.29) is 5.91 Å². The van der Waals surface area contributed by atoms with Crippen LogP contribution in [0.5, 0.6) is 0 Å². The fourth-order valence-corrected chi connectivity index (χ4v) is 1.78. The van der Waals surface area contributed by atoms with Crippen molar-refractivity contribution in [2.24, 2.45) is 0 Å². The summed E-state index contributed by atoms with van der Waals surface area (Å²) in [6.45, 7) is 5.18. The largest absolute Gasteiger partial charge is 0.361 e. The Bertz CT molecular complexity index is 377. The SMILES string of the molecule is Cc1noc(C)c1C(=O)NCCCNC1CC1. The van der Waals surface area contributed by atoms with E-state index in [1.165, 1.54) is 12.8 Å². The molecule has 1 amide bonds. The molecule has 5 heteroatoms. The van der Waals surface area contributed by atoms with Crippen LogP contribution in [0.2, 0.25) is 0 Å². The molecule has 0 bridgehead atoms. The summed E-state index contributed by atoms with van der Waals surface area (Å²) in [4.78, 5) is 11.8. The Morgan fingerprint density at radius 2 is 2.18 bits per heavy atom. The van der Waals surface area contributed by atoms with Gasteiger partial charge in [-0.1, -0.05) is 5.16 Å². The molecule has 0 saturated heterocycles. The highest BCUT2D eigenvalue weighted by Gasteiger charge is 2.20. The molecule has 0 aliphatic heterocycles. The van der Waals surface area contributed by atoms with Gasteiger partial charge in [0.1, 0.15) is 11.3 Å². The van der Waals surface area contributed by atoms with Gasteiger partial charge in [0.05, 0.1) is 5.69 Å². The summed E-state index contributed by atoms with van der Waals surface area (Å²) in [6.07, 6.45) is 3.54. The Labute approximate surface area is 101 Å². The Morgan fingerprint density at radius 1 is 1.41 bits per heavy atom. The van der Waals surface area contributed by atoms with Gasteiger partial charge >= 0.3 is 0 Å². The molecule has 0 atom stereocenters. The van der Waals surface area contributed by atoms with Gasteiger partial charge < -0.3 is 15.2 Å². The molecular formula is C12H19N3O2. The van der Waals surface area contributed by atoms with E-state index in [9.17, 15) is 4.79 Å². The van der Waals surface area contributed by atoms with Gasteiger partial charge in [0.15, 0.2) is 0 Å². The molecule has 0 spiro atoms.